The molecule has 0 aromatic rings. The number of nitrogens with one attached hydrogen (secondary N) is 2. The minimum absolute atomic E-state index is 0.141. The average Bonchev–Trinajstić information content (AvgIpc) is 3.06. The van der Waals surface area contributed by atoms with E-state index >= 15 is 0 Å². The second kappa shape index (κ2) is 4.76. The van der Waals surface area contributed by atoms with E-state index in [2.05, 4.69) is 10.6 Å². The van der Waals surface area contributed by atoms with Crippen molar-refractivity contribution in [1.82, 2.24) is 10.6 Å². The third-order valence-electron chi connectivity index (χ3n) is 6.08. The molecule has 2 bridgehead atoms. The molecule has 19 heavy (non-hydrogen) atoms. The van der Waals surface area contributed by atoms with Gasteiger partial charge in [0, 0.05) is 19.6 Å². The van der Waals surface area contributed by atoms with Crippen LogP contribution in [0.15, 0.2) is 0 Å². The quantitative estimate of drug-likeness (QED) is 0.817. The fourth-order valence-corrected chi connectivity index (χ4v) is 5.11. The maximum absolute atomic E-state index is 11.8. The van der Waals surface area contributed by atoms with Crippen LogP contribution in [-0.2, 0) is 4.79 Å². The molecular weight excluding hydrogens is 236 g/mol. The Hall–Kier alpha value is -0.570. The first-order valence-corrected chi connectivity index (χ1v) is 7.98. The van der Waals surface area contributed by atoms with Crippen LogP contribution in [0.5, 0.6) is 0 Å². The lowest BCUT2D eigenvalue weighted by Crippen LogP contribution is -2.47. The lowest BCUT2D eigenvalue weighted by atomic mass is 9.78. The first-order chi connectivity index (χ1) is 9.03. The van der Waals surface area contributed by atoms with Crippen molar-refractivity contribution in [1.29, 1.82) is 0 Å². The molecule has 0 radical (unpaired) electrons. The van der Waals surface area contributed by atoms with Crippen molar-refractivity contribution in [3.05, 3.63) is 0 Å². The van der Waals surface area contributed by atoms with Crippen LogP contribution in [0.2, 0.25) is 0 Å². The molecule has 3 saturated carbocycles. The third-order valence-corrected chi connectivity index (χ3v) is 6.08. The normalized spacial score (nSPS) is 40.5. The van der Waals surface area contributed by atoms with Crippen molar-refractivity contribution < 1.29 is 4.79 Å². The Morgan fingerprint density at radius 2 is 1.89 bits per heavy atom. The van der Waals surface area contributed by atoms with Gasteiger partial charge in [-0.15, -0.1) is 0 Å². The standard InChI is InChI=1S/C16H28N2O/c1-16(2,15(19)17-3)9-18-14-8-10-7-13(14)12-6-4-5-11(10)12/h10-14,18H,4-9H2,1-3H3,(H,17,19)/t10-,11-,12-,13+,14-/m1/s1. The van der Waals surface area contributed by atoms with Crippen LogP contribution >= 0.6 is 0 Å². The van der Waals surface area contributed by atoms with Crippen molar-refractivity contribution in [2.45, 2.75) is 52.0 Å². The van der Waals surface area contributed by atoms with Gasteiger partial charge in [0.05, 0.1) is 5.41 Å². The molecule has 0 heterocycles. The lowest BCUT2D eigenvalue weighted by molar-refractivity contribution is -0.128. The molecule has 3 aliphatic rings. The van der Waals surface area contributed by atoms with E-state index in [0.29, 0.717) is 6.04 Å². The smallest absolute Gasteiger partial charge is 0.226 e. The molecule has 3 rings (SSSR count). The summed E-state index contributed by atoms with van der Waals surface area (Å²) in [5, 5.41) is 6.49. The number of fused-ring (bicyclic) bond motifs is 5. The zero-order valence-corrected chi connectivity index (χ0v) is 12.5. The van der Waals surface area contributed by atoms with E-state index in [1.807, 2.05) is 13.8 Å². The summed E-state index contributed by atoms with van der Waals surface area (Å²) in [7, 11) is 1.73. The second-order valence-electron chi connectivity index (χ2n) is 7.60. The SMILES string of the molecule is CNC(=O)C(C)(C)CN[C@@H]1C[C@H]2C[C@H]1[C@@H]1CCC[C@H]21. The average molecular weight is 264 g/mol. The molecule has 0 aromatic carbocycles. The summed E-state index contributed by atoms with van der Waals surface area (Å²) in [6, 6.07) is 0.674. The van der Waals surface area contributed by atoms with E-state index in [1.54, 1.807) is 7.05 Å². The van der Waals surface area contributed by atoms with Gasteiger partial charge in [-0.25, -0.2) is 0 Å². The van der Waals surface area contributed by atoms with Crippen LogP contribution in [0.4, 0.5) is 0 Å². The van der Waals surface area contributed by atoms with E-state index in [1.165, 1.54) is 32.1 Å². The number of carbonyl (C=O) groups is 1. The van der Waals surface area contributed by atoms with Crippen molar-refractivity contribution in [2.24, 2.45) is 29.1 Å². The van der Waals surface area contributed by atoms with Crippen molar-refractivity contribution in [3.63, 3.8) is 0 Å². The fourth-order valence-electron chi connectivity index (χ4n) is 5.11. The van der Waals surface area contributed by atoms with Crippen LogP contribution in [0, 0.1) is 29.1 Å². The highest BCUT2D eigenvalue weighted by molar-refractivity contribution is 5.81. The zero-order valence-electron chi connectivity index (χ0n) is 12.5. The molecule has 3 aliphatic carbocycles. The summed E-state index contributed by atoms with van der Waals surface area (Å²) < 4.78 is 0. The Morgan fingerprint density at radius 3 is 2.63 bits per heavy atom. The number of amides is 1. The minimum Gasteiger partial charge on any atom is -0.359 e. The monoisotopic (exact) mass is 264 g/mol. The minimum atomic E-state index is -0.300. The van der Waals surface area contributed by atoms with Gasteiger partial charge in [-0.3, -0.25) is 4.79 Å². The number of rotatable bonds is 4. The molecule has 2 N–H and O–H groups in total. The second-order valence-corrected chi connectivity index (χ2v) is 7.60. The van der Waals surface area contributed by atoms with Gasteiger partial charge in [0.15, 0.2) is 0 Å². The highest BCUT2D eigenvalue weighted by Gasteiger charge is 2.53. The van der Waals surface area contributed by atoms with Gasteiger partial charge in [-0.1, -0.05) is 6.42 Å². The molecule has 5 atom stereocenters. The number of hydrogen-bond acceptors (Lipinski definition) is 2. The van der Waals surface area contributed by atoms with Gasteiger partial charge in [-0.05, 0) is 63.2 Å². The zero-order chi connectivity index (χ0) is 13.6. The third kappa shape index (κ3) is 2.20. The summed E-state index contributed by atoms with van der Waals surface area (Å²) in [6.07, 6.45) is 7.22. The van der Waals surface area contributed by atoms with Crippen LogP contribution in [0.1, 0.15) is 46.0 Å². The summed E-state index contributed by atoms with van der Waals surface area (Å²) in [5.41, 5.74) is -0.300. The van der Waals surface area contributed by atoms with Crippen LogP contribution in [-0.4, -0.2) is 25.5 Å². The number of hydrogen-bond donors (Lipinski definition) is 2. The first-order valence-electron chi connectivity index (χ1n) is 7.98. The Bertz CT molecular complexity index is 366. The van der Waals surface area contributed by atoms with Gasteiger partial charge in [0.2, 0.25) is 5.91 Å². The van der Waals surface area contributed by atoms with E-state index in [9.17, 15) is 4.79 Å². The Balaban J connectivity index is 1.56. The van der Waals surface area contributed by atoms with Gasteiger partial charge in [0.25, 0.3) is 0 Å². The highest BCUT2D eigenvalue weighted by atomic mass is 16.2. The largest absolute Gasteiger partial charge is 0.359 e. The highest BCUT2D eigenvalue weighted by Crippen LogP contribution is 2.58. The molecule has 0 saturated heterocycles. The molecule has 0 spiro atoms. The molecule has 0 unspecified atom stereocenters. The van der Waals surface area contributed by atoms with Crippen LogP contribution in [0.25, 0.3) is 0 Å². The molecular formula is C16H28N2O. The number of carbonyl (C=O) groups excluding carboxylic acids is 1. The molecule has 3 nitrogen and oxygen atoms in total. The lowest BCUT2D eigenvalue weighted by Gasteiger charge is -2.34. The predicted octanol–water partition coefficient (Wildman–Crippen LogP) is 2.17. The molecule has 0 aliphatic heterocycles. The van der Waals surface area contributed by atoms with Gasteiger partial charge in [-0.2, -0.15) is 0 Å². The molecule has 108 valence electrons. The van der Waals surface area contributed by atoms with E-state index in [0.717, 1.165) is 30.2 Å². The summed E-state index contributed by atoms with van der Waals surface area (Å²) in [6.45, 7) is 4.87. The summed E-state index contributed by atoms with van der Waals surface area (Å²) in [4.78, 5) is 11.8. The molecule has 3 heteroatoms. The first kappa shape index (κ1) is 13.4. The van der Waals surface area contributed by atoms with Gasteiger partial charge < -0.3 is 10.6 Å². The predicted molar refractivity (Wildman–Crippen MR) is 76.7 cm³/mol. The van der Waals surface area contributed by atoms with E-state index in [-0.39, 0.29) is 11.3 Å². The molecule has 3 fully saturated rings. The molecule has 0 aromatic heterocycles. The Kier molecular flexibility index (Phi) is 3.36. The van der Waals surface area contributed by atoms with Crippen molar-refractivity contribution >= 4 is 5.91 Å². The van der Waals surface area contributed by atoms with Crippen LogP contribution < -0.4 is 10.6 Å². The Morgan fingerprint density at radius 1 is 1.16 bits per heavy atom. The maximum atomic E-state index is 11.8. The van der Waals surface area contributed by atoms with Gasteiger partial charge >= 0.3 is 0 Å². The van der Waals surface area contributed by atoms with Gasteiger partial charge in [0.1, 0.15) is 0 Å². The van der Waals surface area contributed by atoms with Crippen molar-refractivity contribution in [2.75, 3.05) is 13.6 Å². The molecule has 1 amide bonds. The summed E-state index contributed by atoms with van der Waals surface area (Å²) >= 11 is 0. The van der Waals surface area contributed by atoms with Crippen LogP contribution in [0.3, 0.4) is 0 Å². The topological polar surface area (TPSA) is 41.1 Å². The Labute approximate surface area is 116 Å². The summed E-state index contributed by atoms with van der Waals surface area (Å²) in [5.74, 6) is 4.08. The van der Waals surface area contributed by atoms with Crippen molar-refractivity contribution in [3.8, 4) is 0 Å². The fraction of sp³-hybridized carbons (Fsp3) is 0.938. The maximum Gasteiger partial charge on any atom is 0.226 e. The van der Waals surface area contributed by atoms with E-state index < -0.39 is 0 Å². The van der Waals surface area contributed by atoms with E-state index in [4.69, 9.17) is 0 Å².